The summed E-state index contributed by atoms with van der Waals surface area (Å²) >= 11 is 0. The minimum Gasteiger partial charge on any atom is -0.404 e. The molecule has 2 aromatic rings. The second-order valence-electron chi connectivity index (χ2n) is 5.41. The van der Waals surface area contributed by atoms with Crippen molar-refractivity contribution in [2.45, 2.75) is 6.92 Å². The Labute approximate surface area is 151 Å². The number of carbonyl (C=O) groups is 2. The number of aryl methyl sites for hydroxylation is 1. The van der Waals surface area contributed by atoms with Gasteiger partial charge in [-0.05, 0) is 24.6 Å². The standard InChI is InChI=1S/C19H20N4O3/c1-12-8-9-14(19(25)23-26-2)10-16(12)22-18(21)15(11-20)17(24)13-6-4-3-5-7-13/h3-11H,20H2,1-2H3,(H2,21,22)(H,23,25). The van der Waals surface area contributed by atoms with Gasteiger partial charge >= 0.3 is 0 Å². The van der Waals surface area contributed by atoms with E-state index in [1.807, 2.05) is 6.92 Å². The summed E-state index contributed by atoms with van der Waals surface area (Å²) in [6, 6.07) is 13.5. The Kier molecular flexibility index (Phi) is 6.24. The maximum atomic E-state index is 12.6. The van der Waals surface area contributed by atoms with Gasteiger partial charge in [0.25, 0.3) is 5.91 Å². The molecule has 2 rings (SSSR count). The fourth-order valence-corrected chi connectivity index (χ4v) is 2.24. The minimum atomic E-state index is -0.419. The number of hydrogen-bond acceptors (Lipinski definition) is 5. The number of amides is 1. The molecule has 134 valence electrons. The molecule has 0 fully saturated rings. The summed E-state index contributed by atoms with van der Waals surface area (Å²) in [4.78, 5) is 33.3. The number of ketones is 1. The Bertz CT molecular complexity index is 874. The summed E-state index contributed by atoms with van der Waals surface area (Å²) in [5.41, 5.74) is 16.0. The van der Waals surface area contributed by atoms with Crippen LogP contribution in [0.3, 0.4) is 0 Å². The van der Waals surface area contributed by atoms with Crippen molar-refractivity contribution in [3.8, 4) is 0 Å². The number of hydroxylamine groups is 1. The molecule has 7 heteroatoms. The molecule has 2 aromatic carbocycles. The molecule has 5 N–H and O–H groups in total. The highest BCUT2D eigenvalue weighted by molar-refractivity contribution is 6.27. The van der Waals surface area contributed by atoms with Crippen LogP contribution in [0, 0.1) is 6.92 Å². The van der Waals surface area contributed by atoms with E-state index in [2.05, 4.69) is 15.3 Å². The van der Waals surface area contributed by atoms with Gasteiger partial charge in [0, 0.05) is 17.3 Å². The number of nitrogens with zero attached hydrogens (tertiary/aromatic N) is 1. The summed E-state index contributed by atoms with van der Waals surface area (Å²) in [5.74, 6) is -0.786. The molecular formula is C19H20N4O3. The van der Waals surface area contributed by atoms with Crippen LogP contribution in [0.5, 0.6) is 0 Å². The normalized spacial score (nSPS) is 11.9. The molecule has 0 spiro atoms. The molecule has 0 saturated carbocycles. The van der Waals surface area contributed by atoms with Gasteiger partial charge in [-0.1, -0.05) is 36.4 Å². The second-order valence-corrected chi connectivity index (χ2v) is 5.41. The first-order valence-electron chi connectivity index (χ1n) is 7.78. The van der Waals surface area contributed by atoms with Crippen LogP contribution < -0.4 is 16.9 Å². The first kappa shape index (κ1) is 18.9. The summed E-state index contributed by atoms with van der Waals surface area (Å²) < 4.78 is 0. The van der Waals surface area contributed by atoms with Crippen molar-refractivity contribution in [1.82, 2.24) is 5.48 Å². The van der Waals surface area contributed by atoms with Crippen molar-refractivity contribution >= 4 is 23.2 Å². The van der Waals surface area contributed by atoms with Crippen LogP contribution in [0.25, 0.3) is 0 Å². The maximum Gasteiger partial charge on any atom is 0.274 e. The van der Waals surface area contributed by atoms with Crippen molar-refractivity contribution < 1.29 is 14.4 Å². The van der Waals surface area contributed by atoms with Gasteiger partial charge in [0.2, 0.25) is 0 Å². The smallest absolute Gasteiger partial charge is 0.274 e. The first-order valence-corrected chi connectivity index (χ1v) is 7.78. The van der Waals surface area contributed by atoms with E-state index >= 15 is 0 Å². The van der Waals surface area contributed by atoms with Gasteiger partial charge < -0.3 is 11.5 Å². The van der Waals surface area contributed by atoms with Crippen LogP contribution in [0.15, 0.2) is 65.3 Å². The number of nitrogens with two attached hydrogens (primary N) is 2. The summed E-state index contributed by atoms with van der Waals surface area (Å²) in [7, 11) is 1.34. The Morgan fingerprint density at radius 2 is 1.81 bits per heavy atom. The van der Waals surface area contributed by atoms with Crippen molar-refractivity contribution in [2.75, 3.05) is 7.11 Å². The quantitative estimate of drug-likeness (QED) is 0.241. The number of carbonyl (C=O) groups excluding carboxylic acids is 2. The predicted molar refractivity (Wildman–Crippen MR) is 100.0 cm³/mol. The average Bonchev–Trinajstić information content (AvgIpc) is 2.65. The molecule has 0 aliphatic rings. The topological polar surface area (TPSA) is 120 Å². The van der Waals surface area contributed by atoms with Crippen molar-refractivity contribution in [1.29, 1.82) is 0 Å². The van der Waals surface area contributed by atoms with Gasteiger partial charge in [0.15, 0.2) is 5.78 Å². The average molecular weight is 352 g/mol. The fourth-order valence-electron chi connectivity index (χ4n) is 2.24. The summed E-state index contributed by atoms with van der Waals surface area (Å²) in [5, 5.41) is 0. The number of benzene rings is 2. The molecule has 7 nitrogen and oxygen atoms in total. The lowest BCUT2D eigenvalue weighted by molar-refractivity contribution is 0.0537. The molecule has 0 unspecified atom stereocenters. The molecule has 0 aromatic heterocycles. The zero-order valence-electron chi connectivity index (χ0n) is 14.5. The second kappa shape index (κ2) is 8.59. The largest absolute Gasteiger partial charge is 0.404 e. The van der Waals surface area contributed by atoms with E-state index in [1.54, 1.807) is 48.5 Å². The van der Waals surface area contributed by atoms with E-state index in [0.29, 0.717) is 16.8 Å². The van der Waals surface area contributed by atoms with E-state index in [0.717, 1.165) is 11.8 Å². The van der Waals surface area contributed by atoms with Gasteiger partial charge in [-0.25, -0.2) is 10.5 Å². The number of Topliss-reactive ketones (excluding diaryl/α,β-unsaturated/α-hetero) is 1. The highest BCUT2D eigenvalue weighted by Crippen LogP contribution is 2.21. The Balaban J connectivity index is 2.37. The van der Waals surface area contributed by atoms with Gasteiger partial charge in [0.05, 0.1) is 18.4 Å². The van der Waals surface area contributed by atoms with Crippen molar-refractivity contribution in [2.24, 2.45) is 16.5 Å². The van der Waals surface area contributed by atoms with Crippen LogP contribution in [-0.2, 0) is 4.84 Å². The Hall–Kier alpha value is -3.45. The van der Waals surface area contributed by atoms with Crippen LogP contribution in [0.1, 0.15) is 26.3 Å². The Morgan fingerprint density at radius 1 is 1.12 bits per heavy atom. The number of rotatable bonds is 6. The fraction of sp³-hybridized carbons (Fsp3) is 0.105. The van der Waals surface area contributed by atoms with Crippen molar-refractivity contribution in [3.05, 3.63) is 77.0 Å². The zero-order chi connectivity index (χ0) is 19.1. The van der Waals surface area contributed by atoms with Gasteiger partial charge in [-0.2, -0.15) is 0 Å². The Morgan fingerprint density at radius 3 is 2.42 bits per heavy atom. The van der Waals surface area contributed by atoms with Crippen LogP contribution >= 0.6 is 0 Å². The molecule has 0 aliphatic heterocycles. The first-order chi connectivity index (χ1) is 12.5. The number of amidine groups is 1. The molecule has 0 atom stereocenters. The molecule has 26 heavy (non-hydrogen) atoms. The van der Waals surface area contributed by atoms with Crippen molar-refractivity contribution in [3.63, 3.8) is 0 Å². The molecule has 0 aliphatic carbocycles. The molecule has 0 saturated heterocycles. The third kappa shape index (κ3) is 4.34. The predicted octanol–water partition coefficient (Wildman–Crippen LogP) is 2.00. The monoisotopic (exact) mass is 352 g/mol. The third-order valence-electron chi connectivity index (χ3n) is 3.63. The van der Waals surface area contributed by atoms with Gasteiger partial charge in [-0.15, -0.1) is 0 Å². The lowest BCUT2D eigenvalue weighted by Gasteiger charge is -2.09. The highest BCUT2D eigenvalue weighted by atomic mass is 16.6. The third-order valence-corrected chi connectivity index (χ3v) is 3.63. The summed E-state index contributed by atoms with van der Waals surface area (Å²) in [6.07, 6.45) is 1.13. The molecule has 0 bridgehead atoms. The van der Waals surface area contributed by atoms with E-state index < -0.39 is 5.91 Å². The maximum absolute atomic E-state index is 12.6. The van der Waals surface area contributed by atoms with Gasteiger partial charge in [0.1, 0.15) is 5.84 Å². The minimum absolute atomic E-state index is 0.0336. The highest BCUT2D eigenvalue weighted by Gasteiger charge is 2.16. The molecule has 0 radical (unpaired) electrons. The molecule has 1 amide bonds. The number of aliphatic imine (C=N–C) groups is 1. The molecule has 0 heterocycles. The van der Waals surface area contributed by atoms with E-state index in [1.165, 1.54) is 7.11 Å². The van der Waals surface area contributed by atoms with E-state index in [4.69, 9.17) is 11.5 Å². The van der Waals surface area contributed by atoms with E-state index in [9.17, 15) is 9.59 Å². The molecular weight excluding hydrogens is 332 g/mol. The lowest BCUT2D eigenvalue weighted by atomic mass is 10.0. The van der Waals surface area contributed by atoms with Crippen LogP contribution in [0.2, 0.25) is 0 Å². The van der Waals surface area contributed by atoms with E-state index in [-0.39, 0.29) is 17.2 Å². The van der Waals surface area contributed by atoms with Gasteiger partial charge in [-0.3, -0.25) is 14.4 Å². The number of hydrogen-bond donors (Lipinski definition) is 3. The number of nitrogens with one attached hydrogen (secondary N) is 1. The van der Waals surface area contributed by atoms with Crippen LogP contribution in [0.4, 0.5) is 5.69 Å². The SMILES string of the molecule is CONC(=O)c1ccc(C)c(N=C(N)C(=CN)C(=O)c2ccccc2)c1. The van der Waals surface area contributed by atoms with Crippen LogP contribution in [-0.4, -0.2) is 24.6 Å². The zero-order valence-corrected chi connectivity index (χ0v) is 14.5. The lowest BCUT2D eigenvalue weighted by Crippen LogP contribution is -2.23. The summed E-state index contributed by atoms with van der Waals surface area (Å²) in [6.45, 7) is 1.81.